The number of nitrogens with zero attached hydrogens (tertiary/aromatic N) is 2. The fraction of sp³-hybridized carbons (Fsp3) is 0.154. The molecule has 0 fully saturated rings. The van der Waals surface area contributed by atoms with Gasteiger partial charge in [0.2, 0.25) is 11.3 Å². The number of amides is 1. The Hall–Kier alpha value is -3.58. The number of fused-ring (bicyclic) bond motifs is 1. The number of benzene rings is 2. The highest BCUT2D eigenvalue weighted by Gasteiger charge is 2.19. The van der Waals surface area contributed by atoms with E-state index in [0.29, 0.717) is 22.3 Å². The summed E-state index contributed by atoms with van der Waals surface area (Å²) in [4.78, 5) is 43.7. The van der Waals surface area contributed by atoms with E-state index in [4.69, 9.17) is 0 Å². The van der Waals surface area contributed by atoms with E-state index in [1.807, 2.05) is 38.1 Å². The molecule has 0 aliphatic heterocycles. The van der Waals surface area contributed by atoms with Crippen LogP contribution in [-0.4, -0.2) is 21.2 Å². The topological polar surface area (TPSA) is 81.1 Å². The number of anilines is 1. The van der Waals surface area contributed by atoms with Crippen molar-refractivity contribution >= 4 is 44.3 Å². The van der Waals surface area contributed by atoms with Gasteiger partial charge in [-0.15, -0.1) is 0 Å². The number of carbonyl (C=O) groups is 2. The Labute approximate surface area is 199 Å². The summed E-state index contributed by atoms with van der Waals surface area (Å²) in [5, 5.41) is 3.23. The molecule has 0 radical (unpaired) electrons. The number of aryl methyl sites for hydroxylation is 2. The van der Waals surface area contributed by atoms with Crippen molar-refractivity contribution in [1.82, 2.24) is 9.55 Å². The van der Waals surface area contributed by atoms with Crippen LogP contribution >= 0.6 is 15.9 Å². The van der Waals surface area contributed by atoms with E-state index < -0.39 is 11.2 Å². The van der Waals surface area contributed by atoms with Crippen molar-refractivity contribution in [2.75, 3.05) is 5.32 Å². The van der Waals surface area contributed by atoms with Crippen molar-refractivity contribution < 1.29 is 9.59 Å². The van der Waals surface area contributed by atoms with Crippen LogP contribution in [0.2, 0.25) is 0 Å². The summed E-state index contributed by atoms with van der Waals surface area (Å²) >= 11 is 3.35. The van der Waals surface area contributed by atoms with E-state index in [1.165, 1.54) is 6.20 Å². The van der Waals surface area contributed by atoms with Crippen LogP contribution in [0.5, 0.6) is 0 Å². The van der Waals surface area contributed by atoms with Crippen LogP contribution in [0.1, 0.15) is 34.1 Å². The van der Waals surface area contributed by atoms with Crippen molar-refractivity contribution in [2.45, 2.75) is 26.8 Å². The lowest BCUT2D eigenvalue weighted by atomic mass is 10.0. The third kappa shape index (κ3) is 4.78. The number of halogens is 1. The van der Waals surface area contributed by atoms with Gasteiger partial charge in [-0.05, 0) is 61.4 Å². The minimum absolute atomic E-state index is 0.00256. The van der Waals surface area contributed by atoms with Gasteiger partial charge < -0.3 is 9.88 Å². The monoisotopic (exact) mass is 503 g/mol. The number of aromatic nitrogens is 2. The summed E-state index contributed by atoms with van der Waals surface area (Å²) in [6.45, 7) is 3.74. The van der Waals surface area contributed by atoms with Crippen LogP contribution in [0, 0.1) is 6.92 Å². The number of carbonyl (C=O) groups excluding carboxylic acids is 2. The normalized spacial score (nSPS) is 10.9. The van der Waals surface area contributed by atoms with E-state index in [1.54, 1.807) is 41.0 Å². The summed E-state index contributed by atoms with van der Waals surface area (Å²) in [7, 11) is 0. The van der Waals surface area contributed by atoms with E-state index in [9.17, 15) is 14.4 Å². The molecule has 4 aromatic rings. The first kappa shape index (κ1) is 22.6. The van der Waals surface area contributed by atoms with Crippen LogP contribution in [-0.2, 0) is 17.8 Å². The minimum Gasteiger partial charge on any atom is -0.324 e. The molecule has 0 saturated carbocycles. The smallest absolute Gasteiger partial charge is 0.244 e. The van der Waals surface area contributed by atoms with Gasteiger partial charge >= 0.3 is 0 Å². The van der Waals surface area contributed by atoms with E-state index in [2.05, 4.69) is 26.2 Å². The van der Waals surface area contributed by atoms with Crippen LogP contribution in [0.25, 0.3) is 11.0 Å². The van der Waals surface area contributed by atoms with Crippen LogP contribution in [0.3, 0.4) is 0 Å². The van der Waals surface area contributed by atoms with Crippen molar-refractivity contribution in [3.05, 3.63) is 104 Å². The molecule has 1 N–H and O–H groups in total. The lowest BCUT2D eigenvalue weighted by Gasteiger charge is -2.14. The molecule has 6 nitrogen and oxygen atoms in total. The molecule has 0 spiro atoms. The molecule has 0 atom stereocenters. The summed E-state index contributed by atoms with van der Waals surface area (Å²) in [5.41, 5.74) is 2.82. The molecule has 0 unspecified atom stereocenters. The summed E-state index contributed by atoms with van der Waals surface area (Å²) in [6.07, 6.45) is 2.22. The second-order valence-corrected chi connectivity index (χ2v) is 8.63. The number of pyridine rings is 2. The number of nitrogens with one attached hydrogen (secondary N) is 1. The molecule has 0 aliphatic carbocycles. The lowest BCUT2D eigenvalue weighted by molar-refractivity contribution is -0.116. The van der Waals surface area contributed by atoms with Gasteiger partial charge in [-0.1, -0.05) is 41.1 Å². The Bertz CT molecular complexity index is 1430. The number of hydrogen-bond acceptors (Lipinski definition) is 4. The van der Waals surface area contributed by atoms with Crippen molar-refractivity contribution in [3.63, 3.8) is 0 Å². The van der Waals surface area contributed by atoms with Gasteiger partial charge in [-0.3, -0.25) is 14.4 Å². The Morgan fingerprint density at radius 1 is 1.03 bits per heavy atom. The van der Waals surface area contributed by atoms with Gasteiger partial charge in [0.25, 0.3) is 0 Å². The van der Waals surface area contributed by atoms with Gasteiger partial charge in [0.15, 0.2) is 5.78 Å². The third-order valence-corrected chi connectivity index (χ3v) is 5.93. The maximum absolute atomic E-state index is 13.2. The first-order valence-corrected chi connectivity index (χ1v) is 11.4. The largest absolute Gasteiger partial charge is 0.324 e. The molecule has 2 aromatic heterocycles. The van der Waals surface area contributed by atoms with E-state index in [-0.39, 0.29) is 18.0 Å². The molecule has 2 heterocycles. The number of rotatable bonds is 6. The minimum atomic E-state index is -0.404. The quantitative estimate of drug-likeness (QED) is 0.379. The molecule has 0 aliphatic rings. The predicted molar refractivity (Wildman–Crippen MR) is 133 cm³/mol. The average Bonchev–Trinajstić information content (AvgIpc) is 2.81. The fourth-order valence-electron chi connectivity index (χ4n) is 3.69. The van der Waals surface area contributed by atoms with Crippen molar-refractivity contribution in [3.8, 4) is 0 Å². The zero-order chi connectivity index (χ0) is 23.5. The van der Waals surface area contributed by atoms with Crippen LogP contribution < -0.4 is 10.7 Å². The Balaban J connectivity index is 1.76. The van der Waals surface area contributed by atoms with Gasteiger partial charge in [-0.25, -0.2) is 4.98 Å². The number of ketones is 1. The van der Waals surface area contributed by atoms with Crippen molar-refractivity contribution in [2.24, 2.45) is 0 Å². The SMILES string of the molecule is CCc1ccccc1NC(=O)Cn1cc(C(=O)c2ccc(Br)cc2)c(=O)c2ccc(C)nc21. The molecule has 1 amide bonds. The number of hydrogen-bond donors (Lipinski definition) is 1. The molecular weight excluding hydrogens is 482 g/mol. The Morgan fingerprint density at radius 3 is 2.48 bits per heavy atom. The van der Waals surface area contributed by atoms with Crippen LogP contribution in [0.4, 0.5) is 5.69 Å². The molecule has 166 valence electrons. The number of para-hydroxylation sites is 1. The lowest BCUT2D eigenvalue weighted by Crippen LogP contribution is -2.25. The molecule has 4 rings (SSSR count). The third-order valence-electron chi connectivity index (χ3n) is 5.40. The van der Waals surface area contributed by atoms with Gasteiger partial charge in [0.05, 0.1) is 10.9 Å². The highest BCUT2D eigenvalue weighted by molar-refractivity contribution is 9.10. The van der Waals surface area contributed by atoms with E-state index in [0.717, 1.165) is 22.1 Å². The highest BCUT2D eigenvalue weighted by Crippen LogP contribution is 2.18. The Kier molecular flexibility index (Phi) is 6.51. The zero-order valence-corrected chi connectivity index (χ0v) is 19.8. The molecule has 7 heteroatoms. The predicted octanol–water partition coefficient (Wildman–Crippen LogP) is 4.90. The van der Waals surface area contributed by atoms with Gasteiger partial charge in [0.1, 0.15) is 12.2 Å². The summed E-state index contributed by atoms with van der Waals surface area (Å²) < 4.78 is 2.40. The van der Waals surface area contributed by atoms with Crippen molar-refractivity contribution in [1.29, 1.82) is 0 Å². The second kappa shape index (κ2) is 9.50. The summed E-state index contributed by atoms with van der Waals surface area (Å²) in [6, 6.07) is 17.8. The maximum atomic E-state index is 13.2. The second-order valence-electron chi connectivity index (χ2n) is 7.72. The van der Waals surface area contributed by atoms with E-state index >= 15 is 0 Å². The first-order valence-electron chi connectivity index (χ1n) is 10.6. The average molecular weight is 504 g/mol. The molecule has 0 saturated heterocycles. The molecular formula is C26H22BrN3O3. The molecule has 33 heavy (non-hydrogen) atoms. The zero-order valence-electron chi connectivity index (χ0n) is 18.3. The molecule has 2 aromatic carbocycles. The maximum Gasteiger partial charge on any atom is 0.244 e. The first-order chi connectivity index (χ1) is 15.9. The fourth-order valence-corrected chi connectivity index (χ4v) is 3.96. The molecule has 0 bridgehead atoms. The van der Waals surface area contributed by atoms with Crippen LogP contribution in [0.15, 0.2) is 76.1 Å². The highest BCUT2D eigenvalue weighted by atomic mass is 79.9. The Morgan fingerprint density at radius 2 is 1.76 bits per heavy atom. The van der Waals surface area contributed by atoms with Gasteiger partial charge in [0, 0.05) is 27.6 Å². The van der Waals surface area contributed by atoms with Gasteiger partial charge in [-0.2, -0.15) is 0 Å². The summed E-state index contributed by atoms with van der Waals surface area (Å²) in [5.74, 6) is -0.674. The standard InChI is InChI=1S/C26H22BrN3O3/c1-3-17-6-4-5-7-22(17)29-23(31)15-30-14-21(24(32)18-9-11-19(27)12-10-18)25(33)20-13-8-16(2)28-26(20)30/h4-14H,3,15H2,1-2H3,(H,29,31).